The molecule has 0 aromatic heterocycles. The topological polar surface area (TPSA) is 38.7 Å². The average molecular weight is 218 g/mol. The predicted octanol–water partition coefficient (Wildman–Crippen LogP) is 2.67. The molecule has 5 heteroatoms. The van der Waals surface area contributed by atoms with Gasteiger partial charge in [-0.2, -0.15) is 4.99 Å². The Morgan fingerprint density at radius 1 is 1.46 bits per heavy atom. The lowest BCUT2D eigenvalue weighted by molar-refractivity contribution is 0.330. The lowest BCUT2D eigenvalue weighted by Gasteiger charge is -2.03. The third-order valence-electron chi connectivity index (χ3n) is 1.24. The van der Waals surface area contributed by atoms with Crippen LogP contribution < -0.4 is 4.74 Å². The predicted molar refractivity (Wildman–Crippen MR) is 50.1 cm³/mol. The molecule has 0 atom stereocenters. The lowest BCUT2D eigenvalue weighted by Crippen LogP contribution is -1.93. The van der Waals surface area contributed by atoms with Crippen molar-refractivity contribution in [3.8, 4) is 5.75 Å². The lowest BCUT2D eigenvalue weighted by atomic mass is 10.3. The Bertz CT molecular complexity index is 348. The molecule has 13 heavy (non-hydrogen) atoms. The number of rotatable bonds is 3. The van der Waals surface area contributed by atoms with Crippen LogP contribution in [0.1, 0.15) is 0 Å². The highest BCUT2D eigenvalue weighted by Gasteiger charge is 2.00. The van der Waals surface area contributed by atoms with Gasteiger partial charge in [-0.05, 0) is 18.2 Å². The molecule has 1 aromatic carbocycles. The smallest absolute Gasteiger partial charge is 0.238 e. The van der Waals surface area contributed by atoms with Crippen LogP contribution in [0.25, 0.3) is 0 Å². The molecule has 0 unspecified atom stereocenters. The van der Waals surface area contributed by atoms with Crippen LogP contribution in [0.5, 0.6) is 5.75 Å². The minimum absolute atomic E-state index is 0.0924. The Hall–Kier alpha value is -1.02. The van der Waals surface area contributed by atoms with Crippen LogP contribution in [-0.4, -0.2) is 12.8 Å². The van der Waals surface area contributed by atoms with Gasteiger partial charge < -0.3 is 4.74 Å². The minimum atomic E-state index is -0.0924. The van der Waals surface area contributed by atoms with Gasteiger partial charge in [0.1, 0.15) is 5.75 Å². The summed E-state index contributed by atoms with van der Waals surface area (Å²) in [5, 5.41) is 0.907. The van der Waals surface area contributed by atoms with Crippen molar-refractivity contribution < 1.29 is 9.53 Å². The molecule has 1 aromatic rings. The molecule has 0 saturated carbocycles. The second-order valence-electron chi connectivity index (χ2n) is 2.10. The molecule has 0 heterocycles. The maximum absolute atomic E-state index is 9.71. The fraction of sp³-hybridized carbons (Fsp3) is 0.125. The SMILES string of the molecule is O=C=NCOc1ccc(Cl)cc1Cl. The van der Waals surface area contributed by atoms with E-state index < -0.39 is 0 Å². The number of isocyanates is 1. The molecule has 1 rings (SSSR count). The molecule has 0 saturated heterocycles. The summed E-state index contributed by atoms with van der Waals surface area (Å²) in [7, 11) is 0. The maximum Gasteiger partial charge on any atom is 0.238 e. The Kier molecular flexibility index (Phi) is 3.77. The average Bonchev–Trinajstić information content (AvgIpc) is 2.09. The number of halogens is 2. The quantitative estimate of drug-likeness (QED) is 0.577. The van der Waals surface area contributed by atoms with E-state index in [1.165, 1.54) is 6.08 Å². The molecule has 0 aliphatic carbocycles. The van der Waals surface area contributed by atoms with Crippen molar-refractivity contribution in [3.63, 3.8) is 0 Å². The summed E-state index contributed by atoms with van der Waals surface area (Å²) < 4.78 is 5.01. The molecule has 0 radical (unpaired) electrons. The van der Waals surface area contributed by atoms with E-state index in [2.05, 4.69) is 4.99 Å². The fourth-order valence-electron chi connectivity index (χ4n) is 0.720. The molecule has 0 aliphatic rings. The van der Waals surface area contributed by atoms with Crippen molar-refractivity contribution in [1.29, 1.82) is 0 Å². The number of aliphatic imine (C=N–C) groups is 1. The molecule has 0 N–H and O–H groups in total. The van der Waals surface area contributed by atoms with E-state index in [9.17, 15) is 4.79 Å². The second kappa shape index (κ2) is 4.87. The van der Waals surface area contributed by atoms with E-state index in [-0.39, 0.29) is 6.73 Å². The van der Waals surface area contributed by atoms with Crippen molar-refractivity contribution in [2.24, 2.45) is 4.99 Å². The van der Waals surface area contributed by atoms with Gasteiger partial charge in [0.25, 0.3) is 0 Å². The van der Waals surface area contributed by atoms with Crippen LogP contribution in [0.4, 0.5) is 0 Å². The van der Waals surface area contributed by atoms with E-state index in [1.807, 2.05) is 0 Å². The minimum Gasteiger partial charge on any atom is -0.469 e. The number of carbonyl (C=O) groups excluding carboxylic acids is 1. The second-order valence-corrected chi connectivity index (χ2v) is 2.94. The zero-order valence-electron chi connectivity index (χ0n) is 6.46. The Labute approximate surface area is 84.9 Å². The largest absolute Gasteiger partial charge is 0.469 e. The highest BCUT2D eigenvalue weighted by atomic mass is 35.5. The van der Waals surface area contributed by atoms with Crippen LogP contribution in [0.15, 0.2) is 23.2 Å². The van der Waals surface area contributed by atoms with Crippen molar-refractivity contribution in [2.75, 3.05) is 6.73 Å². The first kappa shape index (κ1) is 10.1. The zero-order chi connectivity index (χ0) is 9.68. The Balaban J connectivity index is 2.71. The highest BCUT2D eigenvalue weighted by Crippen LogP contribution is 2.27. The maximum atomic E-state index is 9.71. The van der Waals surface area contributed by atoms with Gasteiger partial charge >= 0.3 is 0 Å². The first-order valence-electron chi connectivity index (χ1n) is 3.35. The summed E-state index contributed by atoms with van der Waals surface area (Å²) in [4.78, 5) is 12.9. The van der Waals surface area contributed by atoms with Crippen LogP contribution in [0.3, 0.4) is 0 Å². The molecule has 0 fully saturated rings. The zero-order valence-corrected chi connectivity index (χ0v) is 7.97. The van der Waals surface area contributed by atoms with E-state index >= 15 is 0 Å². The van der Waals surface area contributed by atoms with Crippen LogP contribution in [0.2, 0.25) is 10.0 Å². The molecular formula is C8H5Cl2NO2. The normalized spacial score (nSPS) is 9.08. The first-order valence-corrected chi connectivity index (χ1v) is 4.11. The fourth-order valence-corrected chi connectivity index (χ4v) is 1.18. The van der Waals surface area contributed by atoms with Crippen molar-refractivity contribution in [2.45, 2.75) is 0 Å². The van der Waals surface area contributed by atoms with Crippen molar-refractivity contribution >= 4 is 29.3 Å². The van der Waals surface area contributed by atoms with Crippen molar-refractivity contribution in [3.05, 3.63) is 28.2 Å². The van der Waals surface area contributed by atoms with Gasteiger partial charge in [-0.25, -0.2) is 4.79 Å². The Morgan fingerprint density at radius 3 is 2.85 bits per heavy atom. The molecule has 0 spiro atoms. The summed E-state index contributed by atoms with van der Waals surface area (Å²) in [6, 6.07) is 4.78. The number of benzene rings is 1. The number of nitrogens with zero attached hydrogens (tertiary/aromatic N) is 1. The molecule has 0 amide bonds. The molecule has 3 nitrogen and oxygen atoms in total. The van der Waals surface area contributed by atoms with Gasteiger partial charge in [0, 0.05) is 5.02 Å². The number of hydrogen-bond donors (Lipinski definition) is 0. The summed E-state index contributed by atoms with van der Waals surface area (Å²) >= 11 is 11.4. The van der Waals surface area contributed by atoms with Gasteiger partial charge in [0.2, 0.25) is 6.08 Å². The summed E-state index contributed by atoms with van der Waals surface area (Å²) in [5.74, 6) is 0.435. The molecule has 68 valence electrons. The molecular weight excluding hydrogens is 213 g/mol. The summed E-state index contributed by atoms with van der Waals surface area (Å²) in [6.07, 6.45) is 1.35. The van der Waals surface area contributed by atoms with Crippen LogP contribution >= 0.6 is 23.2 Å². The third-order valence-corrected chi connectivity index (χ3v) is 1.77. The van der Waals surface area contributed by atoms with E-state index in [0.29, 0.717) is 15.8 Å². The van der Waals surface area contributed by atoms with Gasteiger partial charge in [0.15, 0.2) is 6.73 Å². The first-order chi connectivity index (χ1) is 6.24. The van der Waals surface area contributed by atoms with Gasteiger partial charge in [-0.3, -0.25) is 0 Å². The van der Waals surface area contributed by atoms with Gasteiger partial charge in [-0.1, -0.05) is 23.2 Å². The number of hydrogen-bond acceptors (Lipinski definition) is 3. The molecule has 0 aliphatic heterocycles. The third kappa shape index (κ3) is 3.07. The van der Waals surface area contributed by atoms with Crippen molar-refractivity contribution in [1.82, 2.24) is 0 Å². The van der Waals surface area contributed by atoms with Crippen LogP contribution in [0, 0.1) is 0 Å². The standard InChI is InChI=1S/C8H5Cl2NO2/c9-6-1-2-8(7(10)3-6)13-5-11-4-12/h1-3H,5H2. The monoisotopic (exact) mass is 217 g/mol. The summed E-state index contributed by atoms with van der Waals surface area (Å²) in [6.45, 7) is -0.0924. The van der Waals surface area contributed by atoms with Gasteiger partial charge in [0.05, 0.1) is 5.02 Å². The summed E-state index contributed by atoms with van der Waals surface area (Å²) in [5.41, 5.74) is 0. The van der Waals surface area contributed by atoms with Crippen LogP contribution in [-0.2, 0) is 4.79 Å². The van der Waals surface area contributed by atoms with E-state index in [4.69, 9.17) is 27.9 Å². The van der Waals surface area contributed by atoms with Gasteiger partial charge in [-0.15, -0.1) is 0 Å². The highest BCUT2D eigenvalue weighted by molar-refractivity contribution is 6.35. The Morgan fingerprint density at radius 2 is 2.23 bits per heavy atom. The molecule has 0 bridgehead atoms. The van der Waals surface area contributed by atoms with E-state index in [1.54, 1.807) is 18.2 Å². The number of ether oxygens (including phenoxy) is 1. The van der Waals surface area contributed by atoms with E-state index in [0.717, 1.165) is 0 Å².